The average Bonchev–Trinajstić information content (AvgIpc) is 2.19. The Kier molecular flexibility index (Phi) is 3.29. The van der Waals surface area contributed by atoms with E-state index in [9.17, 15) is 13.6 Å². The van der Waals surface area contributed by atoms with Gasteiger partial charge in [0, 0.05) is 0 Å². The van der Waals surface area contributed by atoms with E-state index in [2.05, 4.69) is 4.74 Å². The highest BCUT2D eigenvalue weighted by Gasteiger charge is 2.20. The molecule has 76 valence electrons. The van der Waals surface area contributed by atoms with E-state index in [0.717, 1.165) is 7.11 Å². The van der Waals surface area contributed by atoms with E-state index in [1.165, 1.54) is 0 Å². The minimum absolute atomic E-state index is 0.559. The van der Waals surface area contributed by atoms with E-state index in [1.54, 1.807) is 0 Å². The summed E-state index contributed by atoms with van der Waals surface area (Å²) in [4.78, 5) is 10.9. The third-order valence-corrected chi connectivity index (χ3v) is 2.33. The molecular formula is C8H4Cl2F2O2. The number of carbonyl (C=O) groups excluding carboxylic acids is 1. The fraction of sp³-hybridized carbons (Fsp3) is 0.125. The van der Waals surface area contributed by atoms with Crippen LogP contribution < -0.4 is 0 Å². The summed E-state index contributed by atoms with van der Waals surface area (Å²) >= 11 is 10.6. The van der Waals surface area contributed by atoms with E-state index in [0.29, 0.717) is 6.07 Å². The first kappa shape index (κ1) is 11.2. The molecule has 0 saturated carbocycles. The van der Waals surface area contributed by atoms with Gasteiger partial charge in [-0.1, -0.05) is 23.2 Å². The predicted molar refractivity (Wildman–Crippen MR) is 47.7 cm³/mol. The van der Waals surface area contributed by atoms with Crippen LogP contribution in [0.2, 0.25) is 10.0 Å². The van der Waals surface area contributed by atoms with E-state index < -0.39 is 33.2 Å². The lowest BCUT2D eigenvalue weighted by Crippen LogP contribution is -2.06. The number of hydrogen-bond donors (Lipinski definition) is 0. The Bertz CT molecular complexity index is 393. The Morgan fingerprint density at radius 1 is 1.36 bits per heavy atom. The van der Waals surface area contributed by atoms with Gasteiger partial charge in [0.1, 0.15) is 5.82 Å². The summed E-state index contributed by atoms with van der Waals surface area (Å²) in [7, 11) is 1.04. The average molecular weight is 241 g/mol. The second-order valence-electron chi connectivity index (χ2n) is 2.34. The zero-order valence-electron chi connectivity index (χ0n) is 6.91. The molecule has 0 N–H and O–H groups in total. The molecule has 14 heavy (non-hydrogen) atoms. The molecule has 0 aliphatic heterocycles. The first-order chi connectivity index (χ1) is 6.49. The maximum atomic E-state index is 13.2. The van der Waals surface area contributed by atoms with Crippen LogP contribution in [0.3, 0.4) is 0 Å². The Labute approximate surface area is 88.4 Å². The molecule has 0 aliphatic rings. The number of hydrogen-bond acceptors (Lipinski definition) is 2. The zero-order chi connectivity index (χ0) is 10.9. The molecule has 6 heteroatoms. The Morgan fingerprint density at radius 2 is 1.93 bits per heavy atom. The van der Waals surface area contributed by atoms with Gasteiger partial charge in [-0.15, -0.1) is 0 Å². The number of benzene rings is 1. The first-order valence-electron chi connectivity index (χ1n) is 3.40. The van der Waals surface area contributed by atoms with Crippen molar-refractivity contribution >= 4 is 29.2 Å². The normalized spacial score (nSPS) is 10.1. The van der Waals surface area contributed by atoms with Gasteiger partial charge in [-0.3, -0.25) is 0 Å². The molecule has 0 aliphatic carbocycles. The summed E-state index contributed by atoms with van der Waals surface area (Å²) in [5.74, 6) is -3.08. The van der Waals surface area contributed by atoms with Gasteiger partial charge in [0.15, 0.2) is 5.82 Å². The topological polar surface area (TPSA) is 26.3 Å². The lowest BCUT2D eigenvalue weighted by molar-refractivity contribution is 0.0595. The molecule has 0 amide bonds. The SMILES string of the molecule is COC(=O)c1cc(F)c(Cl)c(Cl)c1F. The molecule has 1 aromatic carbocycles. The van der Waals surface area contributed by atoms with Crippen LogP contribution in [0.25, 0.3) is 0 Å². The molecule has 0 heterocycles. The summed E-state index contributed by atoms with van der Waals surface area (Å²) in [6.45, 7) is 0. The van der Waals surface area contributed by atoms with Crippen LogP contribution in [0.5, 0.6) is 0 Å². The molecule has 0 aromatic heterocycles. The highest BCUT2D eigenvalue weighted by atomic mass is 35.5. The summed E-state index contributed by atoms with van der Waals surface area (Å²) in [5.41, 5.74) is -0.584. The maximum absolute atomic E-state index is 13.2. The van der Waals surface area contributed by atoms with Gasteiger partial charge < -0.3 is 4.74 Å². The minimum atomic E-state index is -1.09. The van der Waals surface area contributed by atoms with Crippen LogP contribution >= 0.6 is 23.2 Å². The van der Waals surface area contributed by atoms with Gasteiger partial charge >= 0.3 is 5.97 Å². The molecule has 2 nitrogen and oxygen atoms in total. The van der Waals surface area contributed by atoms with Crippen LogP contribution in [-0.4, -0.2) is 13.1 Å². The fourth-order valence-corrected chi connectivity index (χ4v) is 1.16. The summed E-state index contributed by atoms with van der Waals surface area (Å²) < 4.78 is 30.3. The Balaban J connectivity index is 3.40. The van der Waals surface area contributed by atoms with Crippen molar-refractivity contribution in [3.8, 4) is 0 Å². The van der Waals surface area contributed by atoms with Crippen molar-refractivity contribution in [2.75, 3.05) is 7.11 Å². The second kappa shape index (κ2) is 4.11. The van der Waals surface area contributed by atoms with Crippen molar-refractivity contribution in [3.63, 3.8) is 0 Å². The zero-order valence-corrected chi connectivity index (χ0v) is 8.42. The molecular weight excluding hydrogens is 237 g/mol. The maximum Gasteiger partial charge on any atom is 0.341 e. The van der Waals surface area contributed by atoms with Gasteiger partial charge in [-0.2, -0.15) is 0 Å². The summed E-state index contributed by atoms with van der Waals surface area (Å²) in [5, 5.41) is -1.19. The van der Waals surface area contributed by atoms with Crippen molar-refractivity contribution in [3.05, 3.63) is 33.3 Å². The Morgan fingerprint density at radius 3 is 2.43 bits per heavy atom. The molecule has 0 spiro atoms. The second-order valence-corrected chi connectivity index (χ2v) is 3.10. The van der Waals surface area contributed by atoms with Crippen molar-refractivity contribution in [2.24, 2.45) is 0 Å². The van der Waals surface area contributed by atoms with Crippen molar-refractivity contribution in [2.45, 2.75) is 0 Å². The number of halogens is 4. The molecule has 0 radical (unpaired) electrons. The Hall–Kier alpha value is -0.870. The number of ether oxygens (including phenoxy) is 1. The van der Waals surface area contributed by atoms with Crippen LogP contribution in [0.1, 0.15) is 10.4 Å². The van der Waals surface area contributed by atoms with Gasteiger partial charge in [0.05, 0.1) is 22.7 Å². The van der Waals surface area contributed by atoms with Crippen LogP contribution in [0.15, 0.2) is 6.07 Å². The predicted octanol–water partition coefficient (Wildman–Crippen LogP) is 3.06. The van der Waals surface area contributed by atoms with Crippen LogP contribution in [0.4, 0.5) is 8.78 Å². The van der Waals surface area contributed by atoms with Crippen LogP contribution in [-0.2, 0) is 4.74 Å². The lowest BCUT2D eigenvalue weighted by Gasteiger charge is -2.04. The largest absolute Gasteiger partial charge is 0.465 e. The highest BCUT2D eigenvalue weighted by Crippen LogP contribution is 2.30. The van der Waals surface area contributed by atoms with Gasteiger partial charge in [0.2, 0.25) is 0 Å². The summed E-state index contributed by atoms with van der Waals surface area (Å²) in [6, 6.07) is 0.634. The van der Waals surface area contributed by atoms with Crippen LogP contribution in [0, 0.1) is 11.6 Å². The van der Waals surface area contributed by atoms with Gasteiger partial charge in [-0.05, 0) is 6.07 Å². The highest BCUT2D eigenvalue weighted by molar-refractivity contribution is 6.42. The van der Waals surface area contributed by atoms with E-state index in [4.69, 9.17) is 23.2 Å². The number of methoxy groups -OCH3 is 1. The standard InChI is InChI=1S/C8H4Cl2F2O2/c1-14-8(13)3-2-4(11)5(9)6(10)7(3)12/h2H,1H3. The fourth-order valence-electron chi connectivity index (χ4n) is 0.831. The smallest absolute Gasteiger partial charge is 0.341 e. The number of carbonyl (C=O) groups is 1. The molecule has 0 fully saturated rings. The first-order valence-corrected chi connectivity index (χ1v) is 4.16. The van der Waals surface area contributed by atoms with Gasteiger partial charge in [0.25, 0.3) is 0 Å². The van der Waals surface area contributed by atoms with Crippen molar-refractivity contribution < 1.29 is 18.3 Å². The third kappa shape index (κ3) is 1.81. The number of esters is 1. The van der Waals surface area contributed by atoms with Crippen molar-refractivity contribution in [1.82, 2.24) is 0 Å². The lowest BCUT2D eigenvalue weighted by atomic mass is 10.2. The van der Waals surface area contributed by atoms with E-state index >= 15 is 0 Å². The third-order valence-electron chi connectivity index (χ3n) is 1.51. The molecule has 0 unspecified atom stereocenters. The van der Waals surface area contributed by atoms with Gasteiger partial charge in [-0.25, -0.2) is 13.6 Å². The molecule has 0 atom stereocenters. The molecule has 1 aromatic rings. The minimum Gasteiger partial charge on any atom is -0.465 e. The number of rotatable bonds is 1. The molecule has 0 saturated heterocycles. The molecule has 0 bridgehead atoms. The van der Waals surface area contributed by atoms with E-state index in [-0.39, 0.29) is 0 Å². The quantitative estimate of drug-likeness (QED) is 0.429. The monoisotopic (exact) mass is 240 g/mol. The molecule has 1 rings (SSSR count). The summed E-state index contributed by atoms with van der Waals surface area (Å²) in [6.07, 6.45) is 0. The van der Waals surface area contributed by atoms with E-state index in [1.807, 2.05) is 0 Å². The van der Waals surface area contributed by atoms with Crippen molar-refractivity contribution in [1.29, 1.82) is 0 Å².